The van der Waals surface area contributed by atoms with Gasteiger partial charge in [-0.1, -0.05) is 40.0 Å². The van der Waals surface area contributed by atoms with E-state index in [-0.39, 0.29) is 7.92 Å². The van der Waals surface area contributed by atoms with Crippen molar-refractivity contribution in [3.05, 3.63) is 23.5 Å². The molecule has 0 aromatic rings. The average molecular weight is 166 g/mol. The third-order valence-corrected chi connectivity index (χ3v) is 6.03. The molecule has 0 radical (unpaired) electrons. The van der Waals surface area contributed by atoms with E-state index in [9.17, 15) is 0 Å². The van der Waals surface area contributed by atoms with E-state index in [1.807, 2.05) is 0 Å². The largest absolute Gasteiger partial charge is 0.0801 e. The van der Waals surface area contributed by atoms with Crippen molar-refractivity contribution in [3.63, 3.8) is 0 Å². The van der Waals surface area contributed by atoms with Crippen molar-refractivity contribution in [2.24, 2.45) is 0 Å². The smallest absolute Gasteiger partial charge is 0.00897 e. The Morgan fingerprint density at radius 3 is 2.55 bits per heavy atom. The predicted octanol–water partition coefficient (Wildman–Crippen LogP) is 3.49. The van der Waals surface area contributed by atoms with E-state index in [0.29, 0.717) is 0 Å². The van der Waals surface area contributed by atoms with E-state index in [4.69, 9.17) is 0 Å². The Kier molecular flexibility index (Phi) is 1.89. The zero-order chi connectivity index (χ0) is 7.84. The summed E-state index contributed by atoms with van der Waals surface area (Å²) in [6.45, 7) is 4.82. The van der Waals surface area contributed by atoms with Crippen molar-refractivity contribution in [3.8, 4) is 0 Å². The van der Waals surface area contributed by atoms with Gasteiger partial charge in [0.2, 0.25) is 0 Å². The molecule has 1 heteroatoms. The molecule has 0 unspecified atom stereocenters. The number of rotatable bonds is 1. The minimum absolute atomic E-state index is 0.277. The summed E-state index contributed by atoms with van der Waals surface area (Å²) in [5.74, 6) is 0. The van der Waals surface area contributed by atoms with Crippen LogP contribution < -0.4 is 0 Å². The highest BCUT2D eigenvalue weighted by molar-refractivity contribution is 7.65. The Hall–Kier alpha value is -0.0900. The Morgan fingerprint density at radius 1 is 1.36 bits per heavy atom. The molecule has 0 bridgehead atoms. The molecule has 0 nitrogen and oxygen atoms in total. The maximum atomic E-state index is 2.41. The van der Waals surface area contributed by atoms with E-state index in [1.54, 1.807) is 5.31 Å². The minimum atomic E-state index is 0.277. The molecule has 0 aromatic carbocycles. The fourth-order valence-corrected chi connectivity index (χ4v) is 5.48. The third-order valence-electron chi connectivity index (χ3n) is 2.72. The lowest BCUT2D eigenvalue weighted by molar-refractivity contribution is 0.709. The van der Waals surface area contributed by atoms with Crippen molar-refractivity contribution >= 4 is 7.92 Å². The number of hydrogen-bond acceptors (Lipinski definition) is 0. The highest BCUT2D eigenvalue weighted by Crippen LogP contribution is 2.65. The van der Waals surface area contributed by atoms with Crippen molar-refractivity contribution in [1.82, 2.24) is 0 Å². The van der Waals surface area contributed by atoms with Gasteiger partial charge in [0.15, 0.2) is 0 Å². The van der Waals surface area contributed by atoms with E-state index in [0.717, 1.165) is 11.3 Å². The first kappa shape index (κ1) is 7.55. The van der Waals surface area contributed by atoms with Gasteiger partial charge in [-0.05, 0) is 29.5 Å². The highest BCUT2D eigenvalue weighted by atomic mass is 31.1. The highest BCUT2D eigenvalue weighted by Gasteiger charge is 2.36. The van der Waals surface area contributed by atoms with Crippen LogP contribution in [0, 0.1) is 0 Å². The van der Waals surface area contributed by atoms with Crippen LogP contribution in [-0.2, 0) is 0 Å². The quantitative estimate of drug-likeness (QED) is 0.523. The van der Waals surface area contributed by atoms with Gasteiger partial charge in [0.1, 0.15) is 0 Å². The first-order chi connectivity index (χ1) is 5.29. The Bertz CT molecular complexity index is 207. The lowest BCUT2D eigenvalue weighted by Crippen LogP contribution is -2.25. The lowest BCUT2D eigenvalue weighted by atomic mass is 10.2. The van der Waals surface area contributed by atoms with Crippen LogP contribution in [-0.4, -0.2) is 11.3 Å². The second-order valence-electron chi connectivity index (χ2n) is 3.63. The predicted molar refractivity (Wildman–Crippen MR) is 52.3 cm³/mol. The summed E-state index contributed by atoms with van der Waals surface area (Å²) in [6, 6.07) is 0. The van der Waals surface area contributed by atoms with Gasteiger partial charge in [0.05, 0.1) is 0 Å². The maximum Gasteiger partial charge on any atom is -0.00897 e. The molecule has 0 aromatic heterocycles. The fraction of sp³-hybridized carbons (Fsp3) is 0.600. The van der Waals surface area contributed by atoms with Crippen molar-refractivity contribution in [1.29, 1.82) is 0 Å². The molecular weight excluding hydrogens is 151 g/mol. The van der Waals surface area contributed by atoms with Crippen LogP contribution in [0.25, 0.3) is 0 Å². The Morgan fingerprint density at radius 2 is 2.09 bits per heavy atom. The van der Waals surface area contributed by atoms with Crippen LogP contribution in [0.5, 0.6) is 0 Å². The maximum absolute atomic E-state index is 2.41. The third kappa shape index (κ3) is 1.18. The van der Waals surface area contributed by atoms with Crippen LogP contribution in [0.2, 0.25) is 0 Å². The fourth-order valence-electron chi connectivity index (χ4n) is 2.21. The lowest BCUT2D eigenvalue weighted by Gasteiger charge is -2.42. The molecule has 0 spiro atoms. The molecular formula is C10H15P. The molecule has 1 fully saturated rings. The molecule has 0 N–H and O–H groups in total. The van der Waals surface area contributed by atoms with Crippen LogP contribution in [0.3, 0.4) is 0 Å². The van der Waals surface area contributed by atoms with Gasteiger partial charge in [0, 0.05) is 0 Å². The second kappa shape index (κ2) is 2.75. The summed E-state index contributed by atoms with van der Waals surface area (Å²) in [5.41, 5.74) is 2.01. The molecule has 1 aliphatic heterocycles. The molecule has 2 atom stereocenters. The summed E-state index contributed by atoms with van der Waals surface area (Å²) < 4.78 is 0. The van der Waals surface area contributed by atoms with Crippen LogP contribution >= 0.6 is 7.92 Å². The molecule has 60 valence electrons. The number of hydrogen-bond donors (Lipinski definition) is 0. The van der Waals surface area contributed by atoms with E-state index in [2.05, 4.69) is 32.1 Å². The van der Waals surface area contributed by atoms with E-state index in [1.165, 1.54) is 12.8 Å². The number of allylic oxidation sites excluding steroid dienone is 4. The molecule has 2 aliphatic rings. The van der Waals surface area contributed by atoms with Gasteiger partial charge in [-0.2, -0.15) is 0 Å². The molecule has 1 heterocycles. The van der Waals surface area contributed by atoms with Gasteiger partial charge in [-0.25, -0.2) is 0 Å². The molecule has 0 amide bonds. The Labute approximate surface area is 70.1 Å². The van der Waals surface area contributed by atoms with Gasteiger partial charge in [-0.15, -0.1) is 0 Å². The van der Waals surface area contributed by atoms with Crippen molar-refractivity contribution in [2.75, 3.05) is 0 Å². The standard InChI is InChI=1S/C10H15P/c1-8-7-9(2)11(8)10-5-3-4-6-10/h3-5,8-9H,6-7H2,1-2H3/t8-,9-/m0/s1. The normalized spacial score (nSPS) is 37.1. The monoisotopic (exact) mass is 166 g/mol. The van der Waals surface area contributed by atoms with Gasteiger partial charge >= 0.3 is 0 Å². The van der Waals surface area contributed by atoms with E-state index >= 15 is 0 Å². The average Bonchev–Trinajstić information content (AvgIpc) is 2.39. The van der Waals surface area contributed by atoms with Crippen LogP contribution in [0.1, 0.15) is 26.7 Å². The molecule has 0 saturated carbocycles. The minimum Gasteiger partial charge on any atom is -0.0801 e. The van der Waals surface area contributed by atoms with Crippen molar-refractivity contribution < 1.29 is 0 Å². The zero-order valence-corrected chi connectivity index (χ0v) is 8.14. The summed E-state index contributed by atoms with van der Waals surface area (Å²) >= 11 is 0. The molecule has 1 aliphatic carbocycles. The van der Waals surface area contributed by atoms with Crippen LogP contribution in [0.15, 0.2) is 23.5 Å². The van der Waals surface area contributed by atoms with Gasteiger partial charge in [-0.3, -0.25) is 0 Å². The first-order valence-electron chi connectivity index (χ1n) is 4.43. The summed E-state index contributed by atoms with van der Waals surface area (Å²) in [5, 5.41) is 1.74. The molecule has 11 heavy (non-hydrogen) atoms. The van der Waals surface area contributed by atoms with Gasteiger partial charge in [0.25, 0.3) is 0 Å². The van der Waals surface area contributed by atoms with E-state index < -0.39 is 0 Å². The molecule has 1 saturated heterocycles. The zero-order valence-electron chi connectivity index (χ0n) is 7.25. The van der Waals surface area contributed by atoms with Gasteiger partial charge < -0.3 is 0 Å². The summed E-state index contributed by atoms with van der Waals surface area (Å²) in [6.07, 6.45) is 9.56. The molecule has 2 rings (SSSR count). The SMILES string of the molecule is C[C@H]1C[C@H](C)P1C1=CC=CC1. The van der Waals surface area contributed by atoms with Crippen molar-refractivity contribution in [2.45, 2.75) is 38.0 Å². The van der Waals surface area contributed by atoms with Crippen LogP contribution in [0.4, 0.5) is 0 Å². The second-order valence-corrected chi connectivity index (χ2v) is 6.78. The first-order valence-corrected chi connectivity index (χ1v) is 5.91. The topological polar surface area (TPSA) is 0 Å². The summed E-state index contributed by atoms with van der Waals surface area (Å²) in [7, 11) is 0.277. The Balaban J connectivity index is 2.05. The summed E-state index contributed by atoms with van der Waals surface area (Å²) in [4.78, 5) is 0.